The number of alkyl halides is 3. The summed E-state index contributed by atoms with van der Waals surface area (Å²) >= 11 is 0. The number of anilines is 2. The van der Waals surface area contributed by atoms with Gasteiger partial charge in [-0.25, -0.2) is 9.97 Å². The van der Waals surface area contributed by atoms with Gasteiger partial charge < -0.3 is 20.3 Å². The van der Waals surface area contributed by atoms with Crippen molar-refractivity contribution >= 4 is 23.3 Å². The minimum Gasteiger partial charge on any atom is -0.468 e. The molecule has 1 atom stereocenters. The highest BCUT2D eigenvalue weighted by molar-refractivity contribution is 5.97. The van der Waals surface area contributed by atoms with Crippen LogP contribution in [0.5, 0.6) is 5.88 Å². The van der Waals surface area contributed by atoms with E-state index in [1.54, 1.807) is 12.1 Å². The fourth-order valence-corrected chi connectivity index (χ4v) is 3.43. The van der Waals surface area contributed by atoms with Gasteiger partial charge in [-0.2, -0.15) is 13.2 Å². The number of pyridine rings is 2. The van der Waals surface area contributed by atoms with Gasteiger partial charge in [-0.15, -0.1) is 0 Å². The van der Waals surface area contributed by atoms with E-state index >= 15 is 0 Å². The summed E-state index contributed by atoms with van der Waals surface area (Å²) < 4.78 is 41.8. The highest BCUT2D eigenvalue weighted by Crippen LogP contribution is 2.30. The summed E-state index contributed by atoms with van der Waals surface area (Å²) in [7, 11) is 0. The maximum atomic E-state index is 12.7. The number of hydrogen-bond acceptors (Lipinski definition) is 6. The third-order valence-electron chi connectivity index (χ3n) is 5.21. The van der Waals surface area contributed by atoms with Crippen LogP contribution in [-0.4, -0.2) is 53.7 Å². The van der Waals surface area contributed by atoms with E-state index in [2.05, 4.69) is 20.6 Å². The molecule has 2 N–H and O–H groups in total. The van der Waals surface area contributed by atoms with Gasteiger partial charge in [0.1, 0.15) is 5.82 Å². The average Bonchev–Trinajstić information content (AvgIpc) is 3.51. The van der Waals surface area contributed by atoms with E-state index in [-0.39, 0.29) is 29.7 Å². The van der Waals surface area contributed by atoms with Crippen molar-refractivity contribution in [2.24, 2.45) is 5.92 Å². The normalized spacial score (nSPS) is 18.3. The van der Waals surface area contributed by atoms with Crippen LogP contribution in [0, 0.1) is 5.92 Å². The van der Waals surface area contributed by atoms with Crippen molar-refractivity contribution in [2.45, 2.75) is 31.5 Å². The van der Waals surface area contributed by atoms with Gasteiger partial charge in [0.15, 0.2) is 6.61 Å². The lowest BCUT2D eigenvalue weighted by molar-refractivity contribution is -0.154. The first-order valence-electron chi connectivity index (χ1n) is 10.3. The number of ether oxygens (including phenoxy) is 1. The first-order chi connectivity index (χ1) is 15.3. The zero-order chi connectivity index (χ0) is 22.7. The standard InChI is InChI=1S/C21H22F3N5O3/c22-21(23,24)12-32-18-10-16(4-7-26-18)29-8-5-15(11-29)27-20(31)14-3-6-25-17(9-14)28-19(30)13-1-2-13/h3-4,6-7,9-10,13,15H,1-2,5,8,11-12H2,(H,27,31)(H,25,28,30)/t15-/m1/s1. The molecular weight excluding hydrogens is 427 g/mol. The SMILES string of the molecule is O=C(N[C@@H]1CCN(c2ccnc(OCC(F)(F)F)c2)C1)c1ccnc(NC(=O)C2CC2)c1. The topological polar surface area (TPSA) is 96.5 Å². The molecule has 0 radical (unpaired) electrons. The lowest BCUT2D eigenvalue weighted by atomic mass is 10.2. The molecule has 2 fully saturated rings. The van der Waals surface area contributed by atoms with Crippen LogP contribution in [0.2, 0.25) is 0 Å². The number of nitrogens with one attached hydrogen (secondary N) is 2. The third-order valence-corrected chi connectivity index (χ3v) is 5.21. The molecule has 2 aromatic heterocycles. The molecule has 2 amide bonds. The van der Waals surface area contributed by atoms with Crippen LogP contribution in [0.3, 0.4) is 0 Å². The van der Waals surface area contributed by atoms with E-state index in [1.807, 2.05) is 4.90 Å². The fraction of sp³-hybridized carbons (Fsp3) is 0.429. The van der Waals surface area contributed by atoms with E-state index in [0.717, 1.165) is 12.8 Å². The maximum Gasteiger partial charge on any atom is 0.422 e. The molecule has 170 valence electrons. The van der Waals surface area contributed by atoms with Crippen LogP contribution in [0.1, 0.15) is 29.6 Å². The van der Waals surface area contributed by atoms with E-state index in [4.69, 9.17) is 4.74 Å². The largest absolute Gasteiger partial charge is 0.468 e. The third kappa shape index (κ3) is 5.86. The molecule has 0 spiro atoms. The van der Waals surface area contributed by atoms with Gasteiger partial charge in [0.05, 0.1) is 0 Å². The lowest BCUT2D eigenvalue weighted by Crippen LogP contribution is -2.37. The maximum absolute atomic E-state index is 12.7. The Morgan fingerprint density at radius 1 is 1.12 bits per heavy atom. The molecule has 1 saturated carbocycles. The van der Waals surface area contributed by atoms with Crippen LogP contribution >= 0.6 is 0 Å². The van der Waals surface area contributed by atoms with Crippen LogP contribution < -0.4 is 20.3 Å². The van der Waals surface area contributed by atoms with Crippen molar-refractivity contribution in [2.75, 3.05) is 29.9 Å². The molecule has 8 nitrogen and oxygen atoms in total. The molecule has 1 aliphatic heterocycles. The second kappa shape index (κ2) is 9.01. The second-order valence-electron chi connectivity index (χ2n) is 7.85. The number of aromatic nitrogens is 2. The predicted octanol–water partition coefficient (Wildman–Crippen LogP) is 2.77. The van der Waals surface area contributed by atoms with E-state index in [0.29, 0.717) is 36.6 Å². The number of hydrogen-bond donors (Lipinski definition) is 2. The Morgan fingerprint density at radius 2 is 1.91 bits per heavy atom. The number of rotatable bonds is 7. The number of carbonyl (C=O) groups is 2. The van der Waals surface area contributed by atoms with Crippen LogP contribution in [0.15, 0.2) is 36.7 Å². The molecule has 3 heterocycles. The number of halogens is 3. The quantitative estimate of drug-likeness (QED) is 0.675. The van der Waals surface area contributed by atoms with Crippen molar-refractivity contribution in [3.05, 3.63) is 42.2 Å². The van der Waals surface area contributed by atoms with Crippen LogP contribution in [-0.2, 0) is 4.79 Å². The van der Waals surface area contributed by atoms with Crippen molar-refractivity contribution in [3.8, 4) is 5.88 Å². The average molecular weight is 449 g/mol. The Balaban J connectivity index is 1.32. The summed E-state index contributed by atoms with van der Waals surface area (Å²) in [5.74, 6) is -0.107. The van der Waals surface area contributed by atoms with Gasteiger partial charge in [-0.3, -0.25) is 9.59 Å². The molecule has 32 heavy (non-hydrogen) atoms. The van der Waals surface area contributed by atoms with E-state index < -0.39 is 12.8 Å². The first kappa shape index (κ1) is 21.8. The lowest BCUT2D eigenvalue weighted by Gasteiger charge is -2.20. The number of nitrogens with zero attached hydrogens (tertiary/aromatic N) is 3. The molecule has 0 aromatic carbocycles. The second-order valence-corrected chi connectivity index (χ2v) is 7.85. The zero-order valence-corrected chi connectivity index (χ0v) is 17.1. The molecule has 4 rings (SSSR count). The van der Waals surface area contributed by atoms with Crippen molar-refractivity contribution in [1.29, 1.82) is 0 Å². The summed E-state index contributed by atoms with van der Waals surface area (Å²) in [6, 6.07) is 6.10. The minimum atomic E-state index is -4.44. The minimum absolute atomic E-state index is 0.0336. The smallest absolute Gasteiger partial charge is 0.422 e. The summed E-state index contributed by atoms with van der Waals surface area (Å²) in [4.78, 5) is 34.4. The highest BCUT2D eigenvalue weighted by Gasteiger charge is 2.30. The van der Waals surface area contributed by atoms with Crippen molar-refractivity contribution in [1.82, 2.24) is 15.3 Å². The summed E-state index contributed by atoms with van der Waals surface area (Å²) in [6.45, 7) is -0.297. The van der Waals surface area contributed by atoms with Crippen molar-refractivity contribution < 1.29 is 27.5 Å². The van der Waals surface area contributed by atoms with Crippen LogP contribution in [0.25, 0.3) is 0 Å². The summed E-state index contributed by atoms with van der Waals surface area (Å²) in [5.41, 5.74) is 1.05. The first-order valence-corrected chi connectivity index (χ1v) is 10.3. The van der Waals surface area contributed by atoms with Crippen molar-refractivity contribution in [3.63, 3.8) is 0 Å². The van der Waals surface area contributed by atoms with Gasteiger partial charge in [0.25, 0.3) is 5.91 Å². The van der Waals surface area contributed by atoms with Crippen LogP contribution in [0.4, 0.5) is 24.7 Å². The molecule has 11 heteroatoms. The number of carbonyl (C=O) groups excluding carboxylic acids is 2. The molecule has 0 unspecified atom stereocenters. The Labute approximate surface area is 182 Å². The molecule has 2 aliphatic rings. The Bertz CT molecular complexity index is 997. The van der Waals surface area contributed by atoms with Gasteiger partial charge in [0, 0.05) is 54.8 Å². The Hall–Kier alpha value is -3.37. The monoisotopic (exact) mass is 449 g/mol. The highest BCUT2D eigenvalue weighted by atomic mass is 19.4. The molecule has 1 saturated heterocycles. The van der Waals surface area contributed by atoms with Gasteiger partial charge in [-0.1, -0.05) is 0 Å². The molecule has 0 bridgehead atoms. The zero-order valence-electron chi connectivity index (χ0n) is 17.1. The van der Waals surface area contributed by atoms with E-state index in [1.165, 1.54) is 24.5 Å². The number of amides is 2. The van der Waals surface area contributed by atoms with E-state index in [9.17, 15) is 22.8 Å². The molecule has 1 aliphatic carbocycles. The Kier molecular flexibility index (Phi) is 6.15. The summed E-state index contributed by atoms with van der Waals surface area (Å²) in [6.07, 6.45) is 0.839. The Morgan fingerprint density at radius 3 is 2.66 bits per heavy atom. The summed E-state index contributed by atoms with van der Waals surface area (Å²) in [5, 5.41) is 5.67. The van der Waals surface area contributed by atoms with Gasteiger partial charge in [0.2, 0.25) is 11.8 Å². The van der Waals surface area contributed by atoms with Gasteiger partial charge >= 0.3 is 6.18 Å². The molecule has 2 aromatic rings. The molecular formula is C21H22F3N5O3. The predicted molar refractivity (Wildman–Crippen MR) is 109 cm³/mol. The van der Waals surface area contributed by atoms with Gasteiger partial charge in [-0.05, 0) is 37.5 Å². The fourth-order valence-electron chi connectivity index (χ4n) is 3.43.